The number of ether oxygens (including phenoxy) is 4. The van der Waals surface area contributed by atoms with Gasteiger partial charge in [-0.05, 0) is 24.3 Å². The summed E-state index contributed by atoms with van der Waals surface area (Å²) in [6.07, 6.45) is 0. The minimum absolute atomic E-state index is 0.198. The third-order valence-electron chi connectivity index (χ3n) is 3.60. The first kappa shape index (κ1) is 20.9. The molecule has 2 amide bonds. The van der Waals surface area contributed by atoms with Gasteiger partial charge in [0.15, 0.2) is 0 Å². The lowest BCUT2D eigenvalue weighted by Gasteiger charge is -2.10. The zero-order valence-corrected chi connectivity index (χ0v) is 15.9. The minimum atomic E-state index is -0.726. The number of nitrogens with one attached hydrogen (secondary N) is 2. The summed E-state index contributed by atoms with van der Waals surface area (Å²) >= 11 is 0. The van der Waals surface area contributed by atoms with Gasteiger partial charge in [0.05, 0.1) is 27.3 Å². The first-order valence-corrected chi connectivity index (χ1v) is 8.72. The molecule has 2 N–H and O–H groups in total. The Labute approximate surface area is 163 Å². The zero-order valence-electron chi connectivity index (χ0n) is 15.9. The van der Waals surface area contributed by atoms with Crippen LogP contribution in [-0.2, 0) is 9.59 Å². The standard InChI is InChI=1S/C20H24N2O6/c1-25-15-5-3-7-17(13-15)27-11-9-21-19(23)20(24)22-10-12-28-18-8-4-6-16(14-18)26-2/h3-8,13-14H,9-12H2,1-2H3,(H,21,23)(H,22,24). The Morgan fingerprint density at radius 2 is 1.11 bits per heavy atom. The van der Waals surface area contributed by atoms with Gasteiger partial charge in [-0.1, -0.05) is 12.1 Å². The van der Waals surface area contributed by atoms with E-state index in [2.05, 4.69) is 10.6 Å². The molecular formula is C20H24N2O6. The van der Waals surface area contributed by atoms with Crippen LogP contribution in [0.3, 0.4) is 0 Å². The molecular weight excluding hydrogens is 364 g/mol. The quantitative estimate of drug-likeness (QED) is 0.472. The summed E-state index contributed by atoms with van der Waals surface area (Å²) in [4.78, 5) is 23.5. The van der Waals surface area contributed by atoms with Crippen molar-refractivity contribution in [2.75, 3.05) is 40.5 Å². The molecule has 0 aliphatic carbocycles. The Morgan fingerprint density at radius 1 is 0.714 bits per heavy atom. The van der Waals surface area contributed by atoms with E-state index in [1.165, 1.54) is 0 Å². The molecule has 0 saturated carbocycles. The summed E-state index contributed by atoms with van der Waals surface area (Å²) in [6.45, 7) is 0.851. The normalized spacial score (nSPS) is 9.93. The first-order chi connectivity index (χ1) is 13.6. The monoisotopic (exact) mass is 388 g/mol. The third kappa shape index (κ3) is 7.06. The van der Waals surface area contributed by atoms with E-state index in [0.29, 0.717) is 23.0 Å². The maximum absolute atomic E-state index is 11.7. The van der Waals surface area contributed by atoms with Crippen LogP contribution in [-0.4, -0.2) is 52.3 Å². The fourth-order valence-electron chi connectivity index (χ4n) is 2.21. The highest BCUT2D eigenvalue weighted by Gasteiger charge is 2.12. The van der Waals surface area contributed by atoms with Gasteiger partial charge in [0, 0.05) is 12.1 Å². The highest BCUT2D eigenvalue weighted by molar-refractivity contribution is 6.35. The van der Waals surface area contributed by atoms with Gasteiger partial charge in [-0.15, -0.1) is 0 Å². The molecule has 0 unspecified atom stereocenters. The topological polar surface area (TPSA) is 95.1 Å². The van der Waals surface area contributed by atoms with E-state index in [-0.39, 0.29) is 26.3 Å². The second-order valence-corrected chi connectivity index (χ2v) is 5.57. The van der Waals surface area contributed by atoms with Crippen molar-refractivity contribution in [3.8, 4) is 23.0 Å². The van der Waals surface area contributed by atoms with E-state index in [1.54, 1.807) is 62.8 Å². The summed E-state index contributed by atoms with van der Waals surface area (Å²) in [5.74, 6) is 1.14. The van der Waals surface area contributed by atoms with Crippen LogP contribution < -0.4 is 29.6 Å². The van der Waals surface area contributed by atoms with Crippen LogP contribution in [0.4, 0.5) is 0 Å². The lowest BCUT2D eigenvalue weighted by atomic mass is 10.3. The SMILES string of the molecule is COc1cccc(OCCNC(=O)C(=O)NCCOc2cccc(OC)c2)c1. The van der Waals surface area contributed by atoms with E-state index in [9.17, 15) is 9.59 Å². The molecule has 0 spiro atoms. The molecule has 0 radical (unpaired) electrons. The van der Waals surface area contributed by atoms with Crippen molar-refractivity contribution in [2.45, 2.75) is 0 Å². The molecule has 150 valence electrons. The average molecular weight is 388 g/mol. The Morgan fingerprint density at radius 3 is 1.50 bits per heavy atom. The van der Waals surface area contributed by atoms with Crippen LogP contribution in [0.15, 0.2) is 48.5 Å². The number of carbonyl (C=O) groups is 2. The largest absolute Gasteiger partial charge is 0.497 e. The fraction of sp³-hybridized carbons (Fsp3) is 0.300. The summed E-state index contributed by atoms with van der Waals surface area (Å²) in [6, 6.07) is 14.2. The van der Waals surface area contributed by atoms with Crippen molar-refractivity contribution >= 4 is 11.8 Å². The van der Waals surface area contributed by atoms with Crippen LogP contribution in [0.2, 0.25) is 0 Å². The molecule has 0 fully saturated rings. The number of methoxy groups -OCH3 is 2. The number of hydrogen-bond acceptors (Lipinski definition) is 6. The average Bonchev–Trinajstić information content (AvgIpc) is 2.74. The fourth-order valence-corrected chi connectivity index (χ4v) is 2.21. The predicted octanol–water partition coefficient (Wildman–Crippen LogP) is 1.39. The minimum Gasteiger partial charge on any atom is -0.497 e. The van der Waals surface area contributed by atoms with Crippen molar-refractivity contribution in [1.82, 2.24) is 10.6 Å². The van der Waals surface area contributed by atoms with Crippen LogP contribution in [0.5, 0.6) is 23.0 Å². The van der Waals surface area contributed by atoms with E-state index in [4.69, 9.17) is 18.9 Å². The molecule has 0 aromatic heterocycles. The van der Waals surface area contributed by atoms with E-state index >= 15 is 0 Å². The number of rotatable bonds is 10. The Bertz CT molecular complexity index is 715. The summed E-state index contributed by atoms with van der Waals surface area (Å²) in [5, 5.41) is 4.98. The number of benzene rings is 2. The molecule has 0 heterocycles. The lowest BCUT2D eigenvalue weighted by molar-refractivity contribution is -0.139. The van der Waals surface area contributed by atoms with Gasteiger partial charge in [0.25, 0.3) is 0 Å². The number of hydrogen-bond donors (Lipinski definition) is 2. The Balaban J connectivity index is 1.59. The van der Waals surface area contributed by atoms with E-state index in [0.717, 1.165) is 0 Å². The number of amides is 2. The maximum atomic E-state index is 11.7. The molecule has 2 aromatic rings. The van der Waals surface area contributed by atoms with Crippen molar-refractivity contribution in [1.29, 1.82) is 0 Å². The summed E-state index contributed by atoms with van der Waals surface area (Å²) in [5.41, 5.74) is 0. The molecule has 28 heavy (non-hydrogen) atoms. The first-order valence-electron chi connectivity index (χ1n) is 8.72. The lowest BCUT2D eigenvalue weighted by Crippen LogP contribution is -2.42. The van der Waals surface area contributed by atoms with E-state index in [1.807, 2.05) is 0 Å². The van der Waals surface area contributed by atoms with Crippen LogP contribution in [0.1, 0.15) is 0 Å². The van der Waals surface area contributed by atoms with Gasteiger partial charge in [0.1, 0.15) is 36.2 Å². The van der Waals surface area contributed by atoms with Crippen molar-refractivity contribution in [2.24, 2.45) is 0 Å². The molecule has 0 saturated heterocycles. The molecule has 8 heteroatoms. The van der Waals surface area contributed by atoms with Gasteiger partial charge in [-0.2, -0.15) is 0 Å². The molecule has 2 aromatic carbocycles. The van der Waals surface area contributed by atoms with Crippen LogP contribution >= 0.6 is 0 Å². The summed E-state index contributed by atoms with van der Waals surface area (Å²) < 4.78 is 21.2. The maximum Gasteiger partial charge on any atom is 0.309 e. The molecule has 8 nitrogen and oxygen atoms in total. The summed E-state index contributed by atoms with van der Waals surface area (Å²) in [7, 11) is 3.14. The molecule has 0 bridgehead atoms. The van der Waals surface area contributed by atoms with Crippen LogP contribution in [0.25, 0.3) is 0 Å². The molecule has 0 aliphatic heterocycles. The smallest absolute Gasteiger partial charge is 0.309 e. The Kier molecular flexibility index (Phi) is 8.45. The van der Waals surface area contributed by atoms with Crippen molar-refractivity contribution in [3.63, 3.8) is 0 Å². The third-order valence-corrected chi connectivity index (χ3v) is 3.60. The van der Waals surface area contributed by atoms with Gasteiger partial charge in [-0.3, -0.25) is 9.59 Å². The van der Waals surface area contributed by atoms with Gasteiger partial charge in [-0.25, -0.2) is 0 Å². The van der Waals surface area contributed by atoms with Gasteiger partial charge < -0.3 is 29.6 Å². The second kappa shape index (κ2) is 11.3. The second-order valence-electron chi connectivity index (χ2n) is 5.57. The van der Waals surface area contributed by atoms with Crippen molar-refractivity contribution in [3.05, 3.63) is 48.5 Å². The molecule has 2 rings (SSSR count). The highest BCUT2D eigenvalue weighted by atomic mass is 16.5. The van der Waals surface area contributed by atoms with E-state index < -0.39 is 11.8 Å². The molecule has 0 atom stereocenters. The zero-order chi connectivity index (χ0) is 20.2. The molecule has 0 aliphatic rings. The van der Waals surface area contributed by atoms with Crippen molar-refractivity contribution < 1.29 is 28.5 Å². The number of carbonyl (C=O) groups excluding carboxylic acids is 2. The van der Waals surface area contributed by atoms with Crippen LogP contribution in [0, 0.1) is 0 Å². The highest BCUT2D eigenvalue weighted by Crippen LogP contribution is 2.19. The predicted molar refractivity (Wildman–Crippen MR) is 103 cm³/mol. The Hall–Kier alpha value is -3.42. The van der Waals surface area contributed by atoms with Gasteiger partial charge in [0.2, 0.25) is 0 Å². The van der Waals surface area contributed by atoms with Gasteiger partial charge >= 0.3 is 11.8 Å².